The number of ether oxygens (including phenoxy) is 1. The van der Waals surface area contributed by atoms with E-state index in [-0.39, 0.29) is 11.5 Å². The highest BCUT2D eigenvalue weighted by Gasteiger charge is 2.19. The summed E-state index contributed by atoms with van der Waals surface area (Å²) in [4.78, 5) is 35.1. The first-order chi connectivity index (χ1) is 11.1. The SMILES string of the molecule is CC(=O)[C@@H](Cc1ccccc1)NC(=O)COC(=O)c1ccco1. The van der Waals surface area contributed by atoms with Gasteiger partial charge in [0.1, 0.15) is 0 Å². The van der Waals surface area contributed by atoms with Crippen molar-refractivity contribution in [3.63, 3.8) is 0 Å². The Labute approximate surface area is 133 Å². The van der Waals surface area contributed by atoms with Crippen molar-refractivity contribution in [2.45, 2.75) is 19.4 Å². The highest BCUT2D eigenvalue weighted by molar-refractivity contribution is 5.91. The van der Waals surface area contributed by atoms with E-state index in [1.165, 1.54) is 19.3 Å². The van der Waals surface area contributed by atoms with Crippen LogP contribution in [-0.4, -0.2) is 30.3 Å². The van der Waals surface area contributed by atoms with Gasteiger partial charge in [-0.1, -0.05) is 30.3 Å². The molecule has 1 amide bonds. The number of esters is 1. The molecule has 0 bridgehead atoms. The standard InChI is InChI=1S/C17H17NO5/c1-12(19)14(10-13-6-3-2-4-7-13)18-16(20)11-23-17(21)15-8-5-9-22-15/h2-9,14H,10-11H2,1H3,(H,18,20)/t14-/m1/s1. The Morgan fingerprint density at radius 2 is 1.87 bits per heavy atom. The van der Waals surface area contributed by atoms with Gasteiger partial charge >= 0.3 is 5.97 Å². The molecular formula is C17H17NO5. The Morgan fingerprint density at radius 3 is 2.48 bits per heavy atom. The largest absolute Gasteiger partial charge is 0.457 e. The first-order valence-electron chi connectivity index (χ1n) is 7.10. The third kappa shape index (κ3) is 5.10. The molecule has 6 nitrogen and oxygen atoms in total. The lowest BCUT2D eigenvalue weighted by Gasteiger charge is -2.16. The van der Waals surface area contributed by atoms with Crippen molar-refractivity contribution in [1.29, 1.82) is 0 Å². The van der Waals surface area contributed by atoms with Crippen LogP contribution < -0.4 is 5.32 Å². The van der Waals surface area contributed by atoms with Crippen LogP contribution >= 0.6 is 0 Å². The molecule has 2 rings (SSSR count). The second-order valence-corrected chi connectivity index (χ2v) is 4.97. The number of furan rings is 1. The summed E-state index contributed by atoms with van der Waals surface area (Å²) in [5.41, 5.74) is 0.931. The van der Waals surface area contributed by atoms with Gasteiger partial charge in [0, 0.05) is 0 Å². The number of Topliss-reactive ketones (excluding diaryl/α,β-unsaturated/α-hetero) is 1. The molecule has 1 aromatic carbocycles. The van der Waals surface area contributed by atoms with Crippen LogP contribution in [0.4, 0.5) is 0 Å². The smallest absolute Gasteiger partial charge is 0.374 e. The maximum atomic E-state index is 11.9. The molecule has 0 unspecified atom stereocenters. The minimum absolute atomic E-state index is 0.0187. The van der Waals surface area contributed by atoms with Gasteiger partial charge < -0.3 is 14.5 Å². The monoisotopic (exact) mass is 315 g/mol. The Bertz CT molecular complexity index is 664. The topological polar surface area (TPSA) is 85.6 Å². The summed E-state index contributed by atoms with van der Waals surface area (Å²) in [6.07, 6.45) is 1.72. The molecule has 0 fully saturated rings. The molecule has 0 saturated heterocycles. The van der Waals surface area contributed by atoms with Gasteiger partial charge in [0.15, 0.2) is 12.4 Å². The molecule has 1 N–H and O–H groups in total. The van der Waals surface area contributed by atoms with Gasteiger partial charge in [-0.05, 0) is 31.0 Å². The predicted octanol–water partition coefficient (Wildman–Crippen LogP) is 1.75. The molecule has 0 radical (unpaired) electrons. The van der Waals surface area contributed by atoms with Crippen molar-refractivity contribution in [3.05, 3.63) is 60.1 Å². The molecule has 2 aromatic rings. The van der Waals surface area contributed by atoms with Crippen LogP contribution in [0.3, 0.4) is 0 Å². The fourth-order valence-electron chi connectivity index (χ4n) is 1.98. The van der Waals surface area contributed by atoms with Crippen LogP contribution in [-0.2, 0) is 20.7 Å². The summed E-state index contributed by atoms with van der Waals surface area (Å²) < 4.78 is 9.69. The fourth-order valence-corrected chi connectivity index (χ4v) is 1.98. The lowest BCUT2D eigenvalue weighted by atomic mass is 10.0. The number of amides is 1. The van der Waals surface area contributed by atoms with Crippen LogP contribution in [0.2, 0.25) is 0 Å². The highest BCUT2D eigenvalue weighted by Crippen LogP contribution is 2.05. The van der Waals surface area contributed by atoms with Gasteiger partial charge in [0.05, 0.1) is 12.3 Å². The molecule has 0 spiro atoms. The molecule has 23 heavy (non-hydrogen) atoms. The molecule has 6 heteroatoms. The van der Waals surface area contributed by atoms with Crippen LogP contribution in [0.1, 0.15) is 23.0 Å². The lowest BCUT2D eigenvalue weighted by molar-refractivity contribution is -0.128. The lowest BCUT2D eigenvalue weighted by Crippen LogP contribution is -2.43. The van der Waals surface area contributed by atoms with E-state index >= 15 is 0 Å². The zero-order valence-electron chi connectivity index (χ0n) is 12.7. The summed E-state index contributed by atoms with van der Waals surface area (Å²) in [6.45, 7) is 0.931. The van der Waals surface area contributed by atoms with E-state index in [0.29, 0.717) is 6.42 Å². The van der Waals surface area contributed by atoms with E-state index in [1.54, 1.807) is 6.07 Å². The second kappa shape index (κ2) is 7.93. The van der Waals surface area contributed by atoms with Gasteiger partial charge in [0.2, 0.25) is 5.76 Å². The maximum absolute atomic E-state index is 11.9. The van der Waals surface area contributed by atoms with E-state index in [1.807, 2.05) is 30.3 Å². The summed E-state index contributed by atoms with van der Waals surface area (Å²) in [7, 11) is 0. The van der Waals surface area contributed by atoms with E-state index < -0.39 is 24.5 Å². The van der Waals surface area contributed by atoms with E-state index in [0.717, 1.165) is 5.56 Å². The number of carbonyl (C=O) groups is 3. The Balaban J connectivity index is 1.86. The first kappa shape index (κ1) is 16.5. The van der Waals surface area contributed by atoms with E-state index in [9.17, 15) is 14.4 Å². The fraction of sp³-hybridized carbons (Fsp3) is 0.235. The van der Waals surface area contributed by atoms with Crippen LogP contribution in [0.25, 0.3) is 0 Å². The Morgan fingerprint density at radius 1 is 1.13 bits per heavy atom. The molecule has 0 aliphatic rings. The van der Waals surface area contributed by atoms with Crippen molar-refractivity contribution >= 4 is 17.7 Å². The van der Waals surface area contributed by atoms with Gasteiger partial charge in [-0.3, -0.25) is 9.59 Å². The van der Waals surface area contributed by atoms with Crippen LogP contribution in [0.5, 0.6) is 0 Å². The number of hydrogen-bond donors (Lipinski definition) is 1. The minimum atomic E-state index is -0.729. The number of hydrogen-bond acceptors (Lipinski definition) is 5. The van der Waals surface area contributed by atoms with Gasteiger partial charge in [-0.2, -0.15) is 0 Å². The van der Waals surface area contributed by atoms with Crippen LogP contribution in [0.15, 0.2) is 53.1 Å². The van der Waals surface area contributed by atoms with E-state index in [2.05, 4.69) is 5.32 Å². The Kier molecular flexibility index (Phi) is 5.68. The zero-order chi connectivity index (χ0) is 16.7. The average molecular weight is 315 g/mol. The number of rotatable bonds is 7. The zero-order valence-corrected chi connectivity index (χ0v) is 12.7. The molecular weight excluding hydrogens is 298 g/mol. The average Bonchev–Trinajstić information content (AvgIpc) is 3.07. The summed E-state index contributed by atoms with van der Waals surface area (Å²) in [5.74, 6) is -1.42. The number of carbonyl (C=O) groups excluding carboxylic acids is 3. The van der Waals surface area contributed by atoms with Crippen molar-refractivity contribution in [1.82, 2.24) is 5.32 Å². The van der Waals surface area contributed by atoms with Crippen molar-refractivity contribution < 1.29 is 23.5 Å². The quantitative estimate of drug-likeness (QED) is 0.787. The number of nitrogens with one attached hydrogen (secondary N) is 1. The summed E-state index contributed by atoms with van der Waals surface area (Å²) in [6, 6.07) is 11.7. The summed E-state index contributed by atoms with van der Waals surface area (Å²) >= 11 is 0. The highest BCUT2D eigenvalue weighted by atomic mass is 16.5. The molecule has 0 aliphatic heterocycles. The maximum Gasteiger partial charge on any atom is 0.374 e. The third-order valence-corrected chi connectivity index (χ3v) is 3.17. The number of benzene rings is 1. The van der Waals surface area contributed by atoms with E-state index in [4.69, 9.17) is 9.15 Å². The normalized spacial score (nSPS) is 11.5. The van der Waals surface area contributed by atoms with Gasteiger partial charge in [-0.15, -0.1) is 0 Å². The molecule has 0 aliphatic carbocycles. The first-order valence-corrected chi connectivity index (χ1v) is 7.10. The van der Waals surface area contributed by atoms with Gasteiger partial charge in [-0.25, -0.2) is 4.79 Å². The summed E-state index contributed by atoms with van der Waals surface area (Å²) in [5, 5.41) is 2.57. The van der Waals surface area contributed by atoms with Crippen molar-refractivity contribution in [3.8, 4) is 0 Å². The minimum Gasteiger partial charge on any atom is -0.457 e. The Hall–Kier alpha value is -2.89. The molecule has 120 valence electrons. The van der Waals surface area contributed by atoms with Crippen LogP contribution in [0, 0.1) is 0 Å². The number of ketones is 1. The van der Waals surface area contributed by atoms with Crippen molar-refractivity contribution in [2.75, 3.05) is 6.61 Å². The second-order valence-electron chi connectivity index (χ2n) is 4.97. The molecule has 1 atom stereocenters. The van der Waals surface area contributed by atoms with Crippen molar-refractivity contribution in [2.24, 2.45) is 0 Å². The molecule has 1 aromatic heterocycles. The molecule has 0 saturated carbocycles. The van der Waals surface area contributed by atoms with Gasteiger partial charge in [0.25, 0.3) is 5.91 Å². The predicted molar refractivity (Wildman–Crippen MR) is 81.7 cm³/mol. The third-order valence-electron chi connectivity index (χ3n) is 3.17. The molecule has 1 heterocycles.